The molecule has 0 aliphatic heterocycles. The maximum Gasteiger partial charge on any atom is 0.220 e. The largest absolute Gasteiger partial charge is 0.471 e. The number of ether oxygens (including phenoxy) is 1. The summed E-state index contributed by atoms with van der Waals surface area (Å²) in [6, 6.07) is 10.1. The Morgan fingerprint density at radius 1 is 1.43 bits per heavy atom. The van der Waals surface area contributed by atoms with Gasteiger partial charge in [0, 0.05) is 0 Å². The lowest BCUT2D eigenvalue weighted by Crippen LogP contribution is -2.03. The fourth-order valence-electron chi connectivity index (χ4n) is 1.09. The third-order valence-corrected chi connectivity index (χ3v) is 2.87. The van der Waals surface area contributed by atoms with E-state index in [1.54, 1.807) is 11.8 Å². The lowest BCUT2D eigenvalue weighted by atomic mass is 10.1. The van der Waals surface area contributed by atoms with Gasteiger partial charge in [0.1, 0.15) is 6.10 Å². The van der Waals surface area contributed by atoms with Crippen LogP contribution in [0.25, 0.3) is 0 Å². The maximum atomic E-state index is 5.57. The summed E-state index contributed by atoms with van der Waals surface area (Å²) in [5, 5.41) is 0. The molecule has 0 heterocycles. The molecule has 0 amide bonds. The monoisotopic (exact) mass is 226 g/mol. The van der Waals surface area contributed by atoms with Crippen molar-refractivity contribution in [3.8, 4) is 0 Å². The Bertz CT molecular complexity index is 285. The maximum absolute atomic E-state index is 5.57. The van der Waals surface area contributed by atoms with Gasteiger partial charge in [-0.3, -0.25) is 0 Å². The molecule has 1 unspecified atom stereocenters. The average Bonchev–Trinajstić information content (AvgIpc) is 2.19. The Balaban J connectivity index is 2.50. The van der Waals surface area contributed by atoms with Crippen LogP contribution in [0, 0.1) is 0 Å². The first-order valence-corrected chi connectivity index (χ1v) is 6.01. The summed E-state index contributed by atoms with van der Waals surface area (Å²) in [4.78, 5) is 0. The van der Waals surface area contributed by atoms with E-state index in [4.69, 9.17) is 17.0 Å². The van der Waals surface area contributed by atoms with Crippen molar-refractivity contribution in [2.75, 3.05) is 5.75 Å². The van der Waals surface area contributed by atoms with Gasteiger partial charge >= 0.3 is 0 Å². The van der Waals surface area contributed by atoms with Crippen molar-refractivity contribution in [2.24, 2.45) is 0 Å². The fraction of sp³-hybridized carbons (Fsp3) is 0.364. The summed E-state index contributed by atoms with van der Waals surface area (Å²) >= 11 is 6.63. The second-order valence-electron chi connectivity index (χ2n) is 2.85. The lowest BCUT2D eigenvalue weighted by Gasteiger charge is -2.14. The molecule has 1 aromatic rings. The first kappa shape index (κ1) is 11.5. The zero-order chi connectivity index (χ0) is 10.4. The van der Waals surface area contributed by atoms with E-state index in [-0.39, 0.29) is 6.10 Å². The summed E-state index contributed by atoms with van der Waals surface area (Å²) in [5.74, 6) is 0.959. The Labute approximate surface area is 94.9 Å². The van der Waals surface area contributed by atoms with Crippen LogP contribution in [-0.2, 0) is 4.74 Å². The summed E-state index contributed by atoms with van der Waals surface area (Å²) < 4.78 is 6.20. The normalized spacial score (nSPS) is 12.1. The summed E-state index contributed by atoms with van der Waals surface area (Å²) in [7, 11) is 0. The number of hydrogen-bond acceptors (Lipinski definition) is 3. The van der Waals surface area contributed by atoms with Gasteiger partial charge in [0.05, 0.1) is 0 Å². The predicted octanol–water partition coefficient (Wildman–Crippen LogP) is 3.80. The van der Waals surface area contributed by atoms with Gasteiger partial charge in [0.25, 0.3) is 0 Å². The molecule has 1 atom stereocenters. The minimum absolute atomic E-state index is 0.0442. The number of benzene rings is 1. The summed E-state index contributed by atoms with van der Waals surface area (Å²) in [5.41, 5.74) is 1.16. The zero-order valence-electron chi connectivity index (χ0n) is 8.40. The smallest absolute Gasteiger partial charge is 0.220 e. The molecular formula is C11H14OS2. The van der Waals surface area contributed by atoms with Gasteiger partial charge in [-0.1, -0.05) is 49.0 Å². The van der Waals surface area contributed by atoms with E-state index in [1.165, 1.54) is 0 Å². The molecule has 0 aliphatic carbocycles. The van der Waals surface area contributed by atoms with Gasteiger partial charge in [-0.2, -0.15) is 0 Å². The van der Waals surface area contributed by atoms with Crippen LogP contribution in [0.15, 0.2) is 30.3 Å². The first-order chi connectivity index (χ1) is 6.74. The van der Waals surface area contributed by atoms with Gasteiger partial charge in [-0.05, 0) is 30.5 Å². The molecule has 0 spiro atoms. The van der Waals surface area contributed by atoms with Crippen LogP contribution in [-0.4, -0.2) is 10.1 Å². The molecule has 1 rings (SSSR count). The number of thiocarbonyl (C=S) groups is 1. The van der Waals surface area contributed by atoms with Crippen molar-refractivity contribution in [3.63, 3.8) is 0 Å². The van der Waals surface area contributed by atoms with Gasteiger partial charge in [-0.25, -0.2) is 0 Å². The third-order valence-electron chi connectivity index (χ3n) is 1.80. The minimum atomic E-state index is 0.0442. The standard InChI is InChI=1S/C11H14OS2/c1-3-14-11(13)12-9(2)10-7-5-4-6-8-10/h4-9H,3H2,1-2H3. The van der Waals surface area contributed by atoms with Crippen LogP contribution < -0.4 is 0 Å². The van der Waals surface area contributed by atoms with E-state index in [0.717, 1.165) is 11.3 Å². The van der Waals surface area contributed by atoms with Crippen molar-refractivity contribution < 1.29 is 4.74 Å². The average molecular weight is 226 g/mol. The molecule has 0 radical (unpaired) electrons. The van der Waals surface area contributed by atoms with Gasteiger partial charge < -0.3 is 4.74 Å². The molecule has 76 valence electrons. The van der Waals surface area contributed by atoms with E-state index in [1.807, 2.05) is 37.3 Å². The van der Waals surface area contributed by atoms with Gasteiger partial charge in [0.15, 0.2) is 0 Å². The molecule has 0 saturated carbocycles. The molecule has 0 bridgehead atoms. The van der Waals surface area contributed by atoms with E-state index in [9.17, 15) is 0 Å². The van der Waals surface area contributed by atoms with Crippen molar-refractivity contribution in [3.05, 3.63) is 35.9 Å². The highest BCUT2D eigenvalue weighted by Crippen LogP contribution is 2.19. The Kier molecular flexibility index (Phi) is 4.98. The first-order valence-electron chi connectivity index (χ1n) is 4.62. The van der Waals surface area contributed by atoms with Crippen molar-refractivity contribution in [1.29, 1.82) is 0 Å². The Morgan fingerprint density at radius 2 is 2.07 bits per heavy atom. The van der Waals surface area contributed by atoms with Crippen LogP contribution in [0.3, 0.4) is 0 Å². The molecule has 0 aliphatic rings. The molecule has 14 heavy (non-hydrogen) atoms. The topological polar surface area (TPSA) is 9.23 Å². The van der Waals surface area contributed by atoms with Gasteiger partial charge in [0.2, 0.25) is 4.38 Å². The van der Waals surface area contributed by atoms with Gasteiger partial charge in [-0.15, -0.1) is 0 Å². The molecule has 0 saturated heterocycles. The van der Waals surface area contributed by atoms with Crippen LogP contribution in [0.1, 0.15) is 25.5 Å². The predicted molar refractivity (Wildman–Crippen MR) is 66.7 cm³/mol. The number of rotatable bonds is 3. The van der Waals surface area contributed by atoms with Crippen LogP contribution in [0.2, 0.25) is 0 Å². The van der Waals surface area contributed by atoms with Crippen LogP contribution in [0.4, 0.5) is 0 Å². The second-order valence-corrected chi connectivity index (χ2v) is 4.72. The van der Waals surface area contributed by atoms with E-state index >= 15 is 0 Å². The van der Waals surface area contributed by atoms with Crippen molar-refractivity contribution >= 4 is 28.4 Å². The Morgan fingerprint density at radius 3 is 2.64 bits per heavy atom. The van der Waals surface area contributed by atoms with E-state index in [0.29, 0.717) is 4.38 Å². The number of thioether (sulfide) groups is 1. The molecular weight excluding hydrogens is 212 g/mol. The third kappa shape index (κ3) is 3.68. The zero-order valence-corrected chi connectivity index (χ0v) is 10.0. The molecule has 0 N–H and O–H groups in total. The minimum Gasteiger partial charge on any atom is -0.471 e. The highest BCUT2D eigenvalue weighted by Gasteiger charge is 2.07. The van der Waals surface area contributed by atoms with Crippen molar-refractivity contribution in [1.82, 2.24) is 0 Å². The molecule has 3 heteroatoms. The fourth-order valence-corrected chi connectivity index (χ4v) is 2.03. The molecule has 0 fully saturated rings. The number of hydrogen-bond donors (Lipinski definition) is 0. The highest BCUT2D eigenvalue weighted by atomic mass is 32.2. The van der Waals surface area contributed by atoms with E-state index < -0.39 is 0 Å². The SMILES string of the molecule is CCSC(=S)OC(C)c1ccccc1. The molecule has 1 nitrogen and oxygen atoms in total. The van der Waals surface area contributed by atoms with Crippen LogP contribution >= 0.6 is 24.0 Å². The summed E-state index contributed by atoms with van der Waals surface area (Å²) in [6.45, 7) is 4.07. The van der Waals surface area contributed by atoms with Crippen LogP contribution in [0.5, 0.6) is 0 Å². The summed E-state index contributed by atoms with van der Waals surface area (Å²) in [6.07, 6.45) is 0.0442. The highest BCUT2D eigenvalue weighted by molar-refractivity contribution is 8.22. The molecule has 0 aromatic heterocycles. The Hall–Kier alpha value is -0.540. The van der Waals surface area contributed by atoms with E-state index in [2.05, 4.69) is 6.92 Å². The molecule has 1 aromatic carbocycles. The quantitative estimate of drug-likeness (QED) is 0.725. The second kappa shape index (κ2) is 6.04. The lowest BCUT2D eigenvalue weighted by molar-refractivity contribution is 0.227. The van der Waals surface area contributed by atoms with Crippen molar-refractivity contribution in [2.45, 2.75) is 20.0 Å².